The summed E-state index contributed by atoms with van der Waals surface area (Å²) in [6, 6.07) is 15.4. The highest BCUT2D eigenvalue weighted by molar-refractivity contribution is 7.89. The van der Waals surface area contributed by atoms with Gasteiger partial charge in [0.15, 0.2) is 0 Å². The number of hydrogen-bond donors (Lipinski definition) is 2. The lowest BCUT2D eigenvalue weighted by Gasteiger charge is -2.42. The van der Waals surface area contributed by atoms with Crippen molar-refractivity contribution < 1.29 is 22.7 Å². The van der Waals surface area contributed by atoms with Gasteiger partial charge in [-0.05, 0) is 23.3 Å². The molecular formula is C17H18N2O5S. The van der Waals surface area contributed by atoms with Crippen LogP contribution >= 0.6 is 0 Å². The van der Waals surface area contributed by atoms with Crippen LogP contribution in [-0.4, -0.2) is 27.7 Å². The molecule has 25 heavy (non-hydrogen) atoms. The topological polar surface area (TPSA) is 108 Å². The largest absolute Gasteiger partial charge is 0.445 e. The number of sulfonamides is 1. The van der Waals surface area contributed by atoms with E-state index in [0.29, 0.717) is 0 Å². The van der Waals surface area contributed by atoms with Gasteiger partial charge < -0.3 is 14.8 Å². The van der Waals surface area contributed by atoms with Gasteiger partial charge in [0, 0.05) is 0 Å². The normalized spacial score (nSPS) is 15.9. The number of benzene rings is 2. The molecule has 0 radical (unpaired) electrons. The zero-order valence-corrected chi connectivity index (χ0v) is 14.2. The van der Waals surface area contributed by atoms with E-state index in [1.165, 1.54) is 12.1 Å². The third-order valence-electron chi connectivity index (χ3n) is 3.99. The van der Waals surface area contributed by atoms with Crippen LogP contribution in [0.3, 0.4) is 0 Å². The van der Waals surface area contributed by atoms with E-state index >= 15 is 0 Å². The van der Waals surface area contributed by atoms with E-state index in [-0.39, 0.29) is 24.7 Å². The summed E-state index contributed by atoms with van der Waals surface area (Å²) in [5.74, 6) is 0. The fourth-order valence-corrected chi connectivity index (χ4v) is 3.05. The van der Waals surface area contributed by atoms with Crippen molar-refractivity contribution >= 4 is 16.1 Å². The van der Waals surface area contributed by atoms with E-state index in [4.69, 9.17) is 14.6 Å². The zero-order chi connectivity index (χ0) is 17.9. The molecule has 0 aliphatic carbocycles. The van der Waals surface area contributed by atoms with Crippen LogP contribution in [0.4, 0.5) is 4.79 Å². The predicted molar refractivity (Wildman–Crippen MR) is 90.1 cm³/mol. The number of rotatable bonds is 5. The summed E-state index contributed by atoms with van der Waals surface area (Å²) in [5, 5.41) is 7.90. The van der Waals surface area contributed by atoms with E-state index in [0.717, 1.165) is 11.1 Å². The van der Waals surface area contributed by atoms with Crippen molar-refractivity contribution in [2.24, 2.45) is 5.14 Å². The van der Waals surface area contributed by atoms with Crippen molar-refractivity contribution in [1.82, 2.24) is 5.32 Å². The maximum atomic E-state index is 12.1. The highest BCUT2D eigenvalue weighted by atomic mass is 32.2. The lowest BCUT2D eigenvalue weighted by atomic mass is 9.88. The molecule has 2 aromatic rings. The molecule has 1 heterocycles. The molecule has 3 N–H and O–H groups in total. The van der Waals surface area contributed by atoms with Gasteiger partial charge in [0.25, 0.3) is 0 Å². The predicted octanol–water partition coefficient (Wildman–Crippen LogP) is 1.49. The summed E-state index contributed by atoms with van der Waals surface area (Å²) in [7, 11) is -3.76. The highest BCUT2D eigenvalue weighted by Gasteiger charge is 2.42. The number of nitrogens with one attached hydrogen (secondary N) is 1. The van der Waals surface area contributed by atoms with Crippen LogP contribution in [0.2, 0.25) is 0 Å². The van der Waals surface area contributed by atoms with Crippen LogP contribution < -0.4 is 10.5 Å². The van der Waals surface area contributed by atoms with Crippen LogP contribution in [-0.2, 0) is 31.6 Å². The van der Waals surface area contributed by atoms with Crippen LogP contribution in [0, 0.1) is 0 Å². The van der Waals surface area contributed by atoms with Crippen molar-refractivity contribution in [3.63, 3.8) is 0 Å². The summed E-state index contributed by atoms with van der Waals surface area (Å²) in [5.41, 5.74) is 0.877. The summed E-state index contributed by atoms with van der Waals surface area (Å²) in [6.45, 7) is 0.721. The number of carbonyl (C=O) groups excluding carboxylic acids is 1. The molecule has 0 atom stereocenters. The molecule has 1 saturated heterocycles. The Morgan fingerprint density at radius 2 is 1.76 bits per heavy atom. The van der Waals surface area contributed by atoms with E-state index in [1.807, 2.05) is 30.3 Å². The minimum atomic E-state index is -3.76. The fourth-order valence-electron chi connectivity index (χ4n) is 2.54. The average Bonchev–Trinajstić information content (AvgIpc) is 2.57. The smallest absolute Gasteiger partial charge is 0.408 e. The van der Waals surface area contributed by atoms with Gasteiger partial charge in [-0.1, -0.05) is 42.5 Å². The van der Waals surface area contributed by atoms with Crippen LogP contribution in [0.25, 0.3) is 0 Å². The lowest BCUT2D eigenvalue weighted by molar-refractivity contribution is -0.0762. The first-order valence-corrected chi connectivity index (χ1v) is 9.14. The third-order valence-corrected chi connectivity index (χ3v) is 4.92. The Labute approximate surface area is 145 Å². The number of nitrogens with two attached hydrogens (primary N) is 1. The van der Waals surface area contributed by atoms with E-state index in [1.54, 1.807) is 12.1 Å². The summed E-state index contributed by atoms with van der Waals surface area (Å²) in [4.78, 5) is 12.1. The Balaban J connectivity index is 1.67. The molecule has 0 bridgehead atoms. The van der Waals surface area contributed by atoms with Crippen molar-refractivity contribution in [2.75, 3.05) is 13.2 Å². The molecule has 0 saturated carbocycles. The number of alkyl carbamates (subject to hydrolysis) is 1. The van der Waals surface area contributed by atoms with Crippen LogP contribution in [0.15, 0.2) is 59.5 Å². The van der Waals surface area contributed by atoms with Crippen molar-refractivity contribution in [3.8, 4) is 0 Å². The quantitative estimate of drug-likeness (QED) is 0.838. The van der Waals surface area contributed by atoms with Gasteiger partial charge in [-0.15, -0.1) is 0 Å². The monoisotopic (exact) mass is 362 g/mol. The Kier molecular flexibility index (Phi) is 4.76. The van der Waals surface area contributed by atoms with Gasteiger partial charge in [-0.2, -0.15) is 0 Å². The molecule has 1 aliphatic heterocycles. The fraction of sp³-hybridized carbons (Fsp3) is 0.235. The van der Waals surface area contributed by atoms with Gasteiger partial charge in [-0.25, -0.2) is 18.4 Å². The van der Waals surface area contributed by atoms with Crippen molar-refractivity contribution in [3.05, 3.63) is 65.7 Å². The van der Waals surface area contributed by atoms with Crippen molar-refractivity contribution in [1.29, 1.82) is 0 Å². The first-order valence-electron chi connectivity index (χ1n) is 7.59. The number of primary sulfonamides is 1. The van der Waals surface area contributed by atoms with Gasteiger partial charge in [0.2, 0.25) is 10.0 Å². The number of hydrogen-bond acceptors (Lipinski definition) is 5. The van der Waals surface area contributed by atoms with E-state index in [9.17, 15) is 13.2 Å². The van der Waals surface area contributed by atoms with Crippen LogP contribution in [0.5, 0.6) is 0 Å². The zero-order valence-electron chi connectivity index (χ0n) is 13.3. The first kappa shape index (κ1) is 17.4. The second-order valence-electron chi connectivity index (χ2n) is 5.83. The maximum Gasteiger partial charge on any atom is 0.408 e. The molecule has 0 aromatic heterocycles. The molecule has 132 valence electrons. The van der Waals surface area contributed by atoms with Gasteiger partial charge >= 0.3 is 6.09 Å². The summed E-state index contributed by atoms with van der Waals surface area (Å²) < 4.78 is 33.2. The summed E-state index contributed by atoms with van der Waals surface area (Å²) >= 11 is 0. The Hall–Kier alpha value is -2.42. The second kappa shape index (κ2) is 6.83. The number of amides is 1. The van der Waals surface area contributed by atoms with E-state index < -0.39 is 21.7 Å². The molecule has 1 aliphatic rings. The third kappa shape index (κ3) is 3.98. The second-order valence-corrected chi connectivity index (χ2v) is 7.39. The average molecular weight is 362 g/mol. The minimum Gasteiger partial charge on any atom is -0.445 e. The van der Waals surface area contributed by atoms with Gasteiger partial charge in [-0.3, -0.25) is 0 Å². The Morgan fingerprint density at radius 1 is 1.12 bits per heavy atom. The lowest BCUT2D eigenvalue weighted by Crippen LogP contribution is -2.59. The Bertz CT molecular complexity index is 846. The van der Waals surface area contributed by atoms with Crippen molar-refractivity contribution in [2.45, 2.75) is 17.0 Å². The first-order chi connectivity index (χ1) is 11.9. The molecule has 3 rings (SSSR count). The molecule has 7 nitrogen and oxygen atoms in total. The minimum absolute atomic E-state index is 0.0123. The van der Waals surface area contributed by atoms with E-state index in [2.05, 4.69) is 5.32 Å². The Morgan fingerprint density at radius 3 is 2.28 bits per heavy atom. The van der Waals surface area contributed by atoms with Gasteiger partial charge in [0.05, 0.1) is 18.1 Å². The van der Waals surface area contributed by atoms with Crippen LogP contribution in [0.1, 0.15) is 11.1 Å². The highest BCUT2D eigenvalue weighted by Crippen LogP contribution is 2.30. The molecule has 1 amide bonds. The standard InChI is InChI=1S/C17H18N2O5S/c18-25(21,22)15-8-6-14(7-9-15)17(11-23-12-17)19-16(20)24-10-13-4-2-1-3-5-13/h1-9H,10-12H2,(H,19,20)(H2,18,21,22). The maximum absolute atomic E-state index is 12.1. The van der Waals surface area contributed by atoms with Gasteiger partial charge in [0.1, 0.15) is 12.1 Å². The number of carbonyl (C=O) groups is 1. The molecule has 8 heteroatoms. The molecule has 2 aromatic carbocycles. The summed E-state index contributed by atoms with van der Waals surface area (Å²) in [6.07, 6.45) is -0.567. The molecule has 0 unspecified atom stereocenters. The SMILES string of the molecule is NS(=O)(=O)c1ccc(C2(NC(=O)OCc3ccccc3)COC2)cc1. The molecule has 0 spiro atoms. The molecular weight excluding hydrogens is 344 g/mol. The molecule has 1 fully saturated rings. The number of ether oxygens (including phenoxy) is 2.